The molecule has 1 aliphatic rings. The Morgan fingerprint density at radius 1 is 1.11 bits per heavy atom. The van der Waals surface area contributed by atoms with Gasteiger partial charge in [-0.3, -0.25) is 9.89 Å². The molecule has 0 bridgehead atoms. The molecule has 0 radical (unpaired) electrons. The summed E-state index contributed by atoms with van der Waals surface area (Å²) in [5.74, 6) is -1.50. The summed E-state index contributed by atoms with van der Waals surface area (Å²) < 4.78 is 6.79. The Kier molecular flexibility index (Phi) is 5.43. The number of hydrogen-bond donors (Lipinski definition) is 3. The van der Waals surface area contributed by atoms with Crippen LogP contribution in [0.25, 0.3) is 17.0 Å². The van der Waals surface area contributed by atoms with E-state index in [4.69, 9.17) is 9.52 Å². The van der Waals surface area contributed by atoms with Crippen LogP contribution in [0, 0.1) is 13.8 Å². The Labute approximate surface area is 206 Å². The molecule has 2 heterocycles. The minimum atomic E-state index is -1.21. The van der Waals surface area contributed by atoms with Crippen molar-refractivity contribution < 1.29 is 19.4 Å². The van der Waals surface area contributed by atoms with Crippen LogP contribution in [0.2, 0.25) is 0 Å². The molecular weight excluding hydrogens is 460 g/mol. The summed E-state index contributed by atoms with van der Waals surface area (Å²) in [5.41, 5.74) is 4.79. The Morgan fingerprint density at radius 2 is 1.89 bits per heavy atom. The predicted octanol–water partition coefficient (Wildman–Crippen LogP) is 6.09. The van der Waals surface area contributed by atoms with Gasteiger partial charge in [-0.2, -0.15) is 0 Å². The fraction of sp³-hybridized carbons (Fsp3) is 0.259. The van der Waals surface area contributed by atoms with E-state index in [1.807, 2.05) is 12.1 Å². The SMILES string of the molecule is Cc1cc(N=Nc2c(C)[nH]n(-c3ccc4c(c3)C(C)(C)CC4)c2=O)c(O)c(-c2ccc(C(=O)O)o2)c1. The van der Waals surface area contributed by atoms with Gasteiger partial charge >= 0.3 is 5.97 Å². The molecule has 0 aliphatic heterocycles. The first kappa shape index (κ1) is 23.3. The minimum Gasteiger partial charge on any atom is -0.505 e. The number of H-pyrrole nitrogens is 1. The standard InChI is InChI=1S/C27H26N4O5/c1-14-11-18(21-7-8-22(36-21)26(34)35)24(32)20(12-14)28-29-23-15(2)30-31(25(23)33)17-6-5-16-9-10-27(3,4)19(16)13-17/h5-8,11-13,30,32H,9-10H2,1-4H3,(H,34,35). The van der Waals surface area contributed by atoms with Crippen LogP contribution < -0.4 is 5.56 Å². The molecule has 1 aliphatic carbocycles. The number of carboxylic acid groups (broad SMARTS) is 1. The maximum atomic E-state index is 13.2. The predicted molar refractivity (Wildman–Crippen MR) is 134 cm³/mol. The van der Waals surface area contributed by atoms with Crippen molar-refractivity contribution in [3.63, 3.8) is 0 Å². The van der Waals surface area contributed by atoms with Crippen LogP contribution in [0.3, 0.4) is 0 Å². The van der Waals surface area contributed by atoms with Crippen molar-refractivity contribution in [2.24, 2.45) is 10.2 Å². The zero-order chi connectivity index (χ0) is 25.8. The molecule has 5 rings (SSSR count). The zero-order valence-corrected chi connectivity index (χ0v) is 20.4. The summed E-state index contributed by atoms with van der Waals surface area (Å²) in [6.45, 7) is 7.95. The van der Waals surface area contributed by atoms with Crippen LogP contribution >= 0.6 is 0 Å². The Morgan fingerprint density at radius 3 is 2.61 bits per heavy atom. The van der Waals surface area contributed by atoms with Gasteiger partial charge in [0.15, 0.2) is 11.4 Å². The number of carboxylic acids is 1. The lowest BCUT2D eigenvalue weighted by molar-refractivity contribution is 0.0663. The maximum absolute atomic E-state index is 13.2. The van der Waals surface area contributed by atoms with Crippen molar-refractivity contribution in [3.8, 4) is 22.8 Å². The largest absolute Gasteiger partial charge is 0.505 e. The van der Waals surface area contributed by atoms with E-state index >= 15 is 0 Å². The second-order valence-corrected chi connectivity index (χ2v) is 9.80. The number of hydrogen-bond acceptors (Lipinski definition) is 6. The second kappa shape index (κ2) is 8.37. The average Bonchev–Trinajstić information content (AvgIpc) is 3.51. The van der Waals surface area contributed by atoms with Crippen molar-refractivity contribution in [1.29, 1.82) is 0 Å². The highest BCUT2D eigenvalue weighted by atomic mass is 16.4. The molecule has 0 amide bonds. The minimum absolute atomic E-state index is 0.0543. The number of azo groups is 1. The number of aromatic carboxylic acids is 1. The Bertz CT molecular complexity index is 1600. The highest BCUT2D eigenvalue weighted by molar-refractivity contribution is 5.86. The number of aryl methyl sites for hydroxylation is 3. The van der Waals surface area contributed by atoms with E-state index in [9.17, 15) is 14.7 Å². The number of carbonyl (C=O) groups is 1. The van der Waals surface area contributed by atoms with Gasteiger partial charge in [0, 0.05) is 0 Å². The van der Waals surface area contributed by atoms with E-state index in [1.165, 1.54) is 27.9 Å². The van der Waals surface area contributed by atoms with E-state index < -0.39 is 5.97 Å². The first-order valence-corrected chi connectivity index (χ1v) is 11.6. The molecule has 9 nitrogen and oxygen atoms in total. The molecular formula is C27H26N4O5. The van der Waals surface area contributed by atoms with Crippen LogP contribution in [0.5, 0.6) is 5.75 Å². The topological polar surface area (TPSA) is 133 Å². The van der Waals surface area contributed by atoms with E-state index in [-0.39, 0.29) is 45.2 Å². The Hall–Kier alpha value is -4.40. The molecule has 0 fully saturated rings. The fourth-order valence-corrected chi connectivity index (χ4v) is 4.70. The number of aromatic amines is 1. The smallest absolute Gasteiger partial charge is 0.371 e. The summed E-state index contributed by atoms with van der Waals surface area (Å²) >= 11 is 0. The highest BCUT2D eigenvalue weighted by Gasteiger charge is 2.30. The monoisotopic (exact) mass is 486 g/mol. The number of benzene rings is 2. The first-order valence-electron chi connectivity index (χ1n) is 11.6. The normalized spacial score (nSPS) is 14.4. The van der Waals surface area contributed by atoms with Crippen LogP contribution in [0.15, 0.2) is 61.9 Å². The lowest BCUT2D eigenvalue weighted by Gasteiger charge is -2.19. The van der Waals surface area contributed by atoms with Gasteiger partial charge in [-0.15, -0.1) is 10.2 Å². The number of furan rings is 1. The van der Waals surface area contributed by atoms with Gasteiger partial charge in [0.2, 0.25) is 5.76 Å². The van der Waals surface area contributed by atoms with Crippen molar-refractivity contribution in [2.75, 3.05) is 0 Å². The second-order valence-electron chi connectivity index (χ2n) is 9.80. The van der Waals surface area contributed by atoms with Crippen LogP contribution in [-0.4, -0.2) is 26.0 Å². The average molecular weight is 487 g/mol. The molecule has 0 saturated carbocycles. The molecule has 0 spiro atoms. The van der Waals surface area contributed by atoms with Crippen LogP contribution in [0.4, 0.5) is 11.4 Å². The third-order valence-electron chi connectivity index (χ3n) is 6.71. The number of nitrogens with zero attached hydrogens (tertiary/aromatic N) is 3. The van der Waals surface area contributed by atoms with Crippen LogP contribution in [0.1, 0.15) is 53.2 Å². The number of fused-ring (bicyclic) bond motifs is 1. The summed E-state index contributed by atoms with van der Waals surface area (Å²) in [4.78, 5) is 24.4. The molecule has 3 N–H and O–H groups in total. The van der Waals surface area contributed by atoms with E-state index in [0.717, 1.165) is 24.1 Å². The molecule has 9 heteroatoms. The van der Waals surface area contributed by atoms with Crippen molar-refractivity contribution in [3.05, 3.63) is 81.0 Å². The highest BCUT2D eigenvalue weighted by Crippen LogP contribution is 2.41. The Balaban J connectivity index is 1.51. The van der Waals surface area contributed by atoms with E-state index in [1.54, 1.807) is 26.0 Å². The third-order valence-corrected chi connectivity index (χ3v) is 6.71. The summed E-state index contributed by atoms with van der Waals surface area (Å²) in [7, 11) is 0. The fourth-order valence-electron chi connectivity index (χ4n) is 4.70. The number of phenolic OH excluding ortho intramolecular Hbond substituents is 1. The molecule has 184 valence electrons. The van der Waals surface area contributed by atoms with Gasteiger partial charge in [0.05, 0.1) is 16.9 Å². The third kappa shape index (κ3) is 3.92. The lowest BCUT2D eigenvalue weighted by atomic mass is 9.86. The van der Waals surface area contributed by atoms with Gasteiger partial charge in [-0.05, 0) is 85.2 Å². The lowest BCUT2D eigenvalue weighted by Crippen LogP contribution is -2.16. The summed E-state index contributed by atoms with van der Waals surface area (Å²) in [6.07, 6.45) is 2.10. The molecule has 2 aromatic carbocycles. The van der Waals surface area contributed by atoms with Gasteiger partial charge in [0.1, 0.15) is 11.4 Å². The molecule has 4 aromatic rings. The van der Waals surface area contributed by atoms with Crippen LogP contribution in [-0.2, 0) is 11.8 Å². The van der Waals surface area contributed by atoms with Crippen molar-refractivity contribution >= 4 is 17.3 Å². The number of phenols is 1. The number of aromatic nitrogens is 2. The maximum Gasteiger partial charge on any atom is 0.371 e. The first-order chi connectivity index (χ1) is 17.0. The molecule has 0 unspecified atom stereocenters. The summed E-state index contributed by atoms with van der Waals surface area (Å²) in [6, 6.07) is 12.1. The molecule has 0 saturated heterocycles. The van der Waals surface area contributed by atoms with Crippen molar-refractivity contribution in [2.45, 2.75) is 46.0 Å². The van der Waals surface area contributed by atoms with Gasteiger partial charge in [-0.25, -0.2) is 9.48 Å². The molecule has 36 heavy (non-hydrogen) atoms. The number of nitrogens with one attached hydrogen (secondary N) is 1. The van der Waals surface area contributed by atoms with Gasteiger partial charge < -0.3 is 14.6 Å². The summed E-state index contributed by atoms with van der Waals surface area (Å²) in [5, 5.41) is 31.3. The van der Waals surface area contributed by atoms with Gasteiger partial charge in [-0.1, -0.05) is 19.9 Å². The van der Waals surface area contributed by atoms with E-state index in [0.29, 0.717) is 5.69 Å². The van der Waals surface area contributed by atoms with Gasteiger partial charge in [0.25, 0.3) is 5.56 Å². The number of rotatable bonds is 5. The molecule has 0 atom stereocenters. The number of aromatic hydroxyl groups is 1. The zero-order valence-electron chi connectivity index (χ0n) is 20.4. The van der Waals surface area contributed by atoms with E-state index in [2.05, 4.69) is 35.2 Å². The molecule has 2 aromatic heterocycles. The van der Waals surface area contributed by atoms with Crippen molar-refractivity contribution in [1.82, 2.24) is 9.78 Å². The quantitative estimate of drug-likeness (QED) is 0.294.